The van der Waals surface area contributed by atoms with Crippen molar-refractivity contribution in [2.75, 3.05) is 0 Å². The molecule has 2 rings (SSSR count). The first-order valence-corrected chi connectivity index (χ1v) is 7.60. The second-order valence-corrected chi connectivity index (χ2v) is 6.59. The summed E-state index contributed by atoms with van der Waals surface area (Å²) in [5.41, 5.74) is -2.01. The van der Waals surface area contributed by atoms with E-state index in [4.69, 9.17) is 34.8 Å². The number of rotatable bonds is 2. The fourth-order valence-electron chi connectivity index (χ4n) is 1.94. The van der Waals surface area contributed by atoms with Gasteiger partial charge in [-0.1, -0.05) is 40.9 Å². The molecule has 1 atom stereocenters. The average molecular weight is 416 g/mol. The largest absolute Gasteiger partial charge is 0.381 e. The van der Waals surface area contributed by atoms with Gasteiger partial charge in [0.15, 0.2) is 0 Å². The molecule has 0 radical (unpaired) electrons. The maximum absolute atomic E-state index is 14.3. The lowest BCUT2D eigenvalue weighted by atomic mass is 9.87. The number of hydrogen-bond donors (Lipinski definition) is 1. The van der Waals surface area contributed by atoms with Crippen molar-refractivity contribution in [3.63, 3.8) is 0 Å². The third kappa shape index (κ3) is 3.06. The fourth-order valence-corrected chi connectivity index (χ4v) is 2.98. The van der Waals surface area contributed by atoms with Gasteiger partial charge in [-0.05, 0) is 41.1 Å². The van der Waals surface area contributed by atoms with Gasteiger partial charge in [0, 0.05) is 20.6 Å². The van der Waals surface area contributed by atoms with Gasteiger partial charge in [-0.15, -0.1) is 0 Å². The highest BCUT2D eigenvalue weighted by atomic mass is 79.9. The lowest BCUT2D eigenvalue weighted by Crippen LogP contribution is -2.25. The molecule has 7 heteroatoms. The molecule has 0 bridgehead atoms. The molecule has 0 saturated carbocycles. The van der Waals surface area contributed by atoms with Crippen LogP contribution in [0.2, 0.25) is 15.1 Å². The molecule has 0 saturated heterocycles. The highest BCUT2D eigenvalue weighted by Crippen LogP contribution is 2.40. The zero-order valence-corrected chi connectivity index (χ0v) is 14.4. The van der Waals surface area contributed by atoms with Crippen LogP contribution in [0.15, 0.2) is 28.7 Å². The van der Waals surface area contributed by atoms with Crippen molar-refractivity contribution in [3.05, 3.63) is 66.6 Å². The molecule has 2 aromatic rings. The second-order valence-electron chi connectivity index (χ2n) is 4.54. The van der Waals surface area contributed by atoms with E-state index in [0.717, 1.165) is 12.1 Å². The van der Waals surface area contributed by atoms with Crippen molar-refractivity contribution in [2.45, 2.75) is 12.5 Å². The highest BCUT2D eigenvalue weighted by molar-refractivity contribution is 9.10. The zero-order chi connectivity index (χ0) is 15.9. The van der Waals surface area contributed by atoms with Crippen molar-refractivity contribution >= 4 is 50.7 Å². The van der Waals surface area contributed by atoms with Crippen LogP contribution in [0.4, 0.5) is 8.78 Å². The van der Waals surface area contributed by atoms with Crippen LogP contribution in [-0.4, -0.2) is 5.11 Å². The van der Waals surface area contributed by atoms with E-state index in [2.05, 4.69) is 15.9 Å². The average Bonchev–Trinajstić information content (AvgIpc) is 2.39. The van der Waals surface area contributed by atoms with Crippen molar-refractivity contribution < 1.29 is 13.9 Å². The molecular weight excluding hydrogens is 408 g/mol. The Morgan fingerprint density at radius 3 is 2.29 bits per heavy atom. The molecule has 1 nitrogen and oxygen atoms in total. The van der Waals surface area contributed by atoms with Crippen LogP contribution >= 0.6 is 50.7 Å². The number of hydrogen-bond acceptors (Lipinski definition) is 1. The molecule has 0 aliphatic heterocycles. The topological polar surface area (TPSA) is 20.2 Å². The van der Waals surface area contributed by atoms with Crippen LogP contribution < -0.4 is 0 Å². The van der Waals surface area contributed by atoms with Crippen molar-refractivity contribution in [1.82, 2.24) is 0 Å². The first-order chi connectivity index (χ1) is 9.66. The minimum Gasteiger partial charge on any atom is -0.381 e. The summed E-state index contributed by atoms with van der Waals surface area (Å²) in [6.07, 6.45) is 0. The Kier molecular flexibility index (Phi) is 4.86. The number of halogens is 6. The molecule has 1 unspecified atom stereocenters. The van der Waals surface area contributed by atoms with E-state index in [0.29, 0.717) is 4.47 Å². The summed E-state index contributed by atoms with van der Waals surface area (Å²) in [4.78, 5) is 0. The van der Waals surface area contributed by atoms with E-state index in [1.165, 1.54) is 19.1 Å². The van der Waals surface area contributed by atoms with E-state index >= 15 is 0 Å². The van der Waals surface area contributed by atoms with E-state index in [-0.39, 0.29) is 26.2 Å². The highest BCUT2D eigenvalue weighted by Gasteiger charge is 2.33. The monoisotopic (exact) mass is 414 g/mol. The number of benzene rings is 2. The van der Waals surface area contributed by atoms with E-state index in [1.807, 2.05) is 0 Å². The minimum atomic E-state index is -1.88. The third-order valence-electron chi connectivity index (χ3n) is 3.09. The van der Waals surface area contributed by atoms with E-state index in [9.17, 15) is 13.9 Å². The van der Waals surface area contributed by atoms with Gasteiger partial charge in [0.25, 0.3) is 0 Å². The van der Waals surface area contributed by atoms with Crippen molar-refractivity contribution in [1.29, 1.82) is 0 Å². The van der Waals surface area contributed by atoms with Gasteiger partial charge in [-0.25, -0.2) is 8.78 Å². The molecule has 0 aliphatic rings. The summed E-state index contributed by atoms with van der Waals surface area (Å²) in [5, 5.41) is 10.3. The first-order valence-electron chi connectivity index (χ1n) is 5.67. The molecule has 0 aliphatic carbocycles. The Labute approximate surface area is 143 Å². The van der Waals surface area contributed by atoms with Gasteiger partial charge < -0.3 is 5.11 Å². The number of aliphatic hydroxyl groups is 1. The fraction of sp³-hybridized carbons (Fsp3) is 0.143. The second kappa shape index (κ2) is 6.01. The predicted molar refractivity (Wildman–Crippen MR) is 84.2 cm³/mol. The summed E-state index contributed by atoms with van der Waals surface area (Å²) in [6.45, 7) is 1.30. The molecule has 2 aromatic carbocycles. The molecule has 0 fully saturated rings. The lowest BCUT2D eigenvalue weighted by Gasteiger charge is -2.26. The van der Waals surface area contributed by atoms with Crippen molar-refractivity contribution in [2.24, 2.45) is 0 Å². The van der Waals surface area contributed by atoms with Gasteiger partial charge in [-0.2, -0.15) is 0 Å². The minimum absolute atomic E-state index is 0.0108. The van der Waals surface area contributed by atoms with Gasteiger partial charge >= 0.3 is 0 Å². The summed E-state index contributed by atoms with van der Waals surface area (Å²) in [6, 6.07) is 4.95. The van der Waals surface area contributed by atoms with Gasteiger partial charge in [0.2, 0.25) is 0 Å². The lowest BCUT2D eigenvalue weighted by molar-refractivity contribution is 0.0977. The quantitative estimate of drug-likeness (QED) is 0.474. The molecular formula is C14H8BrCl3F2O. The maximum atomic E-state index is 14.3. The summed E-state index contributed by atoms with van der Waals surface area (Å²) in [7, 11) is 0. The smallest absolute Gasteiger partial charge is 0.149 e. The maximum Gasteiger partial charge on any atom is 0.149 e. The SMILES string of the molecule is CC(O)(c1cc(F)c(Cl)cc1Cl)c1ccc(Br)c(Cl)c1F. The first kappa shape index (κ1) is 17.0. The normalized spacial score (nSPS) is 14.1. The Balaban J connectivity index is 2.68. The Hall–Kier alpha value is -0.390. The summed E-state index contributed by atoms with van der Waals surface area (Å²) in [5.74, 6) is -1.58. The van der Waals surface area contributed by atoms with Gasteiger partial charge in [0.05, 0.1) is 10.0 Å². The van der Waals surface area contributed by atoms with Gasteiger partial charge in [0.1, 0.15) is 17.2 Å². The molecule has 1 N–H and O–H groups in total. The molecule has 0 spiro atoms. The van der Waals surface area contributed by atoms with Crippen LogP contribution in [0.3, 0.4) is 0 Å². The van der Waals surface area contributed by atoms with E-state index < -0.39 is 17.2 Å². The Morgan fingerprint density at radius 1 is 1.05 bits per heavy atom. The van der Waals surface area contributed by atoms with E-state index in [1.54, 1.807) is 0 Å². The Morgan fingerprint density at radius 2 is 1.67 bits per heavy atom. The van der Waals surface area contributed by atoms with Crippen LogP contribution in [-0.2, 0) is 5.60 Å². The Bertz CT molecular complexity index is 716. The van der Waals surface area contributed by atoms with Gasteiger partial charge in [-0.3, -0.25) is 0 Å². The van der Waals surface area contributed by atoms with Crippen LogP contribution in [0.5, 0.6) is 0 Å². The van der Waals surface area contributed by atoms with Crippen LogP contribution in [0, 0.1) is 11.6 Å². The predicted octanol–water partition coefficient (Wildman–Crippen LogP) is 5.94. The molecule has 21 heavy (non-hydrogen) atoms. The van der Waals surface area contributed by atoms with Crippen LogP contribution in [0.1, 0.15) is 18.1 Å². The van der Waals surface area contributed by atoms with Crippen molar-refractivity contribution in [3.8, 4) is 0 Å². The zero-order valence-electron chi connectivity index (χ0n) is 10.5. The molecule has 112 valence electrons. The molecule has 0 aromatic heterocycles. The molecule has 0 heterocycles. The standard InChI is InChI=1S/C14H8BrCl3F2O/c1-14(21,6-2-3-8(15)12(18)13(6)20)7-4-11(19)10(17)5-9(7)16/h2-5,21H,1H3. The molecule has 0 amide bonds. The summed E-state index contributed by atoms with van der Waals surface area (Å²) >= 11 is 20.5. The van der Waals surface area contributed by atoms with Crippen LogP contribution in [0.25, 0.3) is 0 Å². The summed E-state index contributed by atoms with van der Waals surface area (Å²) < 4.78 is 28.2. The third-order valence-corrected chi connectivity index (χ3v) is 4.96.